The molecule has 1 N–H and O–H groups in total. The summed E-state index contributed by atoms with van der Waals surface area (Å²) in [6.07, 6.45) is 6.93. The van der Waals surface area contributed by atoms with Gasteiger partial charge in [-0.25, -0.2) is 9.97 Å². The summed E-state index contributed by atoms with van der Waals surface area (Å²) < 4.78 is 0. The molecule has 0 aliphatic carbocycles. The van der Waals surface area contributed by atoms with E-state index in [0.717, 1.165) is 43.1 Å². The Labute approximate surface area is 134 Å². The summed E-state index contributed by atoms with van der Waals surface area (Å²) in [7, 11) is 2.21. The minimum absolute atomic E-state index is 0.729. The SMILES string of the molecule is CC1CCCN(c2cc(NCC3CCCN(C)C3)ncn2)C1. The molecule has 122 valence electrons. The first-order valence-corrected chi connectivity index (χ1v) is 8.70. The molecule has 2 aliphatic heterocycles. The molecule has 1 aromatic heterocycles. The molecule has 2 unspecified atom stereocenters. The quantitative estimate of drug-likeness (QED) is 0.925. The fraction of sp³-hybridized carbons (Fsp3) is 0.765. The average Bonchev–Trinajstić information content (AvgIpc) is 2.53. The molecular weight excluding hydrogens is 274 g/mol. The molecule has 0 radical (unpaired) electrons. The molecule has 2 aliphatic rings. The summed E-state index contributed by atoms with van der Waals surface area (Å²) >= 11 is 0. The Hall–Kier alpha value is -1.36. The van der Waals surface area contributed by atoms with Crippen LogP contribution in [0.5, 0.6) is 0 Å². The Balaban J connectivity index is 1.56. The van der Waals surface area contributed by atoms with Gasteiger partial charge in [-0.2, -0.15) is 0 Å². The van der Waals surface area contributed by atoms with Crippen molar-refractivity contribution in [2.45, 2.75) is 32.6 Å². The minimum atomic E-state index is 0.729. The molecule has 0 saturated carbocycles. The normalized spacial score (nSPS) is 26.9. The third-order valence-electron chi connectivity index (χ3n) is 4.93. The van der Waals surface area contributed by atoms with E-state index in [9.17, 15) is 0 Å². The van der Waals surface area contributed by atoms with Gasteiger partial charge in [0.1, 0.15) is 18.0 Å². The Morgan fingerprint density at radius 3 is 2.86 bits per heavy atom. The van der Waals surface area contributed by atoms with Crippen LogP contribution in [0.2, 0.25) is 0 Å². The molecule has 3 heterocycles. The van der Waals surface area contributed by atoms with E-state index in [1.165, 1.54) is 38.8 Å². The average molecular weight is 303 g/mol. The van der Waals surface area contributed by atoms with Crippen LogP contribution in [0, 0.1) is 11.8 Å². The summed E-state index contributed by atoms with van der Waals surface area (Å²) in [5, 5.41) is 3.52. The van der Waals surface area contributed by atoms with Gasteiger partial charge >= 0.3 is 0 Å². The third-order valence-corrected chi connectivity index (χ3v) is 4.93. The van der Waals surface area contributed by atoms with Gasteiger partial charge in [-0.3, -0.25) is 0 Å². The van der Waals surface area contributed by atoms with Crippen LogP contribution < -0.4 is 10.2 Å². The number of nitrogens with one attached hydrogen (secondary N) is 1. The smallest absolute Gasteiger partial charge is 0.134 e. The zero-order chi connectivity index (χ0) is 15.4. The fourth-order valence-corrected chi connectivity index (χ4v) is 3.70. The molecule has 0 spiro atoms. The van der Waals surface area contributed by atoms with Gasteiger partial charge in [0.2, 0.25) is 0 Å². The van der Waals surface area contributed by atoms with Crippen LogP contribution in [-0.2, 0) is 0 Å². The number of rotatable bonds is 4. The molecule has 2 atom stereocenters. The van der Waals surface area contributed by atoms with Crippen molar-refractivity contribution in [3.8, 4) is 0 Å². The molecule has 5 heteroatoms. The van der Waals surface area contributed by atoms with E-state index in [2.05, 4.69) is 45.1 Å². The Morgan fingerprint density at radius 1 is 1.18 bits per heavy atom. The molecule has 1 aromatic rings. The van der Waals surface area contributed by atoms with Crippen molar-refractivity contribution in [1.29, 1.82) is 0 Å². The minimum Gasteiger partial charge on any atom is -0.370 e. The van der Waals surface area contributed by atoms with E-state index in [1.807, 2.05) is 0 Å². The van der Waals surface area contributed by atoms with E-state index in [1.54, 1.807) is 6.33 Å². The van der Waals surface area contributed by atoms with Gasteiger partial charge in [0.15, 0.2) is 0 Å². The molecule has 0 amide bonds. The molecule has 5 nitrogen and oxygen atoms in total. The summed E-state index contributed by atoms with van der Waals surface area (Å²) in [4.78, 5) is 13.7. The van der Waals surface area contributed by atoms with Gasteiger partial charge < -0.3 is 15.1 Å². The first-order valence-electron chi connectivity index (χ1n) is 8.70. The molecule has 3 rings (SSSR count). The van der Waals surface area contributed by atoms with Crippen LogP contribution in [0.15, 0.2) is 12.4 Å². The monoisotopic (exact) mass is 303 g/mol. The summed E-state index contributed by atoms with van der Waals surface area (Å²) in [6, 6.07) is 2.12. The molecular formula is C17H29N5. The van der Waals surface area contributed by atoms with Crippen molar-refractivity contribution < 1.29 is 0 Å². The van der Waals surface area contributed by atoms with Crippen molar-refractivity contribution in [3.05, 3.63) is 12.4 Å². The zero-order valence-electron chi connectivity index (χ0n) is 14.0. The van der Waals surface area contributed by atoms with Crippen LogP contribution >= 0.6 is 0 Å². The van der Waals surface area contributed by atoms with Crippen molar-refractivity contribution in [2.24, 2.45) is 11.8 Å². The summed E-state index contributed by atoms with van der Waals surface area (Å²) in [6.45, 7) is 8.00. The molecule has 2 fully saturated rings. The standard InChI is InChI=1S/C17H29N5/c1-14-5-3-8-22(11-14)17-9-16(19-13-20-17)18-10-15-6-4-7-21(2)12-15/h9,13-15H,3-8,10-12H2,1-2H3,(H,18,19,20). The van der Waals surface area contributed by atoms with Crippen LogP contribution in [0.3, 0.4) is 0 Å². The molecule has 0 aromatic carbocycles. The first-order chi connectivity index (χ1) is 10.7. The van der Waals surface area contributed by atoms with Crippen LogP contribution in [0.25, 0.3) is 0 Å². The lowest BCUT2D eigenvalue weighted by atomic mass is 9.98. The number of aromatic nitrogens is 2. The number of anilines is 2. The predicted octanol–water partition coefficient (Wildman–Crippen LogP) is 2.47. The van der Waals surface area contributed by atoms with E-state index in [4.69, 9.17) is 0 Å². The second kappa shape index (κ2) is 7.27. The highest BCUT2D eigenvalue weighted by molar-refractivity contribution is 5.48. The number of piperidine rings is 2. The lowest BCUT2D eigenvalue weighted by molar-refractivity contribution is 0.217. The highest BCUT2D eigenvalue weighted by Crippen LogP contribution is 2.22. The molecule has 2 saturated heterocycles. The molecule has 22 heavy (non-hydrogen) atoms. The van der Waals surface area contributed by atoms with Gasteiger partial charge in [-0.15, -0.1) is 0 Å². The van der Waals surface area contributed by atoms with Crippen molar-refractivity contribution in [1.82, 2.24) is 14.9 Å². The van der Waals surface area contributed by atoms with Crippen LogP contribution in [-0.4, -0.2) is 54.6 Å². The van der Waals surface area contributed by atoms with E-state index in [-0.39, 0.29) is 0 Å². The van der Waals surface area contributed by atoms with Crippen molar-refractivity contribution in [2.75, 3.05) is 50.0 Å². The van der Waals surface area contributed by atoms with E-state index in [0.29, 0.717) is 0 Å². The second-order valence-electron chi connectivity index (χ2n) is 7.11. The Morgan fingerprint density at radius 2 is 2.05 bits per heavy atom. The molecule has 0 bridgehead atoms. The van der Waals surface area contributed by atoms with Gasteiger partial charge in [0.25, 0.3) is 0 Å². The third kappa shape index (κ3) is 4.09. The predicted molar refractivity (Wildman–Crippen MR) is 91.4 cm³/mol. The van der Waals surface area contributed by atoms with E-state index >= 15 is 0 Å². The van der Waals surface area contributed by atoms with Crippen molar-refractivity contribution >= 4 is 11.6 Å². The van der Waals surface area contributed by atoms with Crippen molar-refractivity contribution in [3.63, 3.8) is 0 Å². The summed E-state index contributed by atoms with van der Waals surface area (Å²) in [5.74, 6) is 3.53. The lowest BCUT2D eigenvalue weighted by Crippen LogP contribution is -2.35. The van der Waals surface area contributed by atoms with Gasteiger partial charge in [-0.1, -0.05) is 6.92 Å². The maximum atomic E-state index is 4.47. The number of nitrogens with zero attached hydrogens (tertiary/aromatic N) is 4. The van der Waals surface area contributed by atoms with Gasteiger partial charge in [0, 0.05) is 32.2 Å². The highest BCUT2D eigenvalue weighted by Gasteiger charge is 2.19. The van der Waals surface area contributed by atoms with Crippen LogP contribution in [0.1, 0.15) is 32.6 Å². The highest BCUT2D eigenvalue weighted by atomic mass is 15.2. The van der Waals surface area contributed by atoms with Gasteiger partial charge in [0.05, 0.1) is 0 Å². The second-order valence-corrected chi connectivity index (χ2v) is 7.11. The Bertz CT molecular complexity index is 478. The fourth-order valence-electron chi connectivity index (χ4n) is 3.70. The maximum Gasteiger partial charge on any atom is 0.134 e. The first kappa shape index (κ1) is 15.5. The Kier molecular flexibility index (Phi) is 5.13. The number of hydrogen-bond acceptors (Lipinski definition) is 5. The number of hydrogen-bond donors (Lipinski definition) is 1. The topological polar surface area (TPSA) is 44.3 Å². The van der Waals surface area contributed by atoms with Gasteiger partial charge in [-0.05, 0) is 51.1 Å². The van der Waals surface area contributed by atoms with E-state index < -0.39 is 0 Å². The summed E-state index contributed by atoms with van der Waals surface area (Å²) in [5.41, 5.74) is 0. The zero-order valence-corrected chi connectivity index (χ0v) is 14.0. The largest absolute Gasteiger partial charge is 0.370 e. The maximum absolute atomic E-state index is 4.47. The lowest BCUT2D eigenvalue weighted by Gasteiger charge is -2.32. The van der Waals surface area contributed by atoms with Crippen LogP contribution in [0.4, 0.5) is 11.6 Å². The number of likely N-dealkylation sites (tertiary alicyclic amines) is 1.